The number of aromatic nitrogens is 2. The average molecular weight is 667 g/mol. The summed E-state index contributed by atoms with van der Waals surface area (Å²) in [6.07, 6.45) is 0. The molecule has 0 amide bonds. The van der Waals surface area contributed by atoms with Crippen molar-refractivity contribution >= 4 is 50.9 Å². The van der Waals surface area contributed by atoms with Crippen LogP contribution in [0.4, 0.5) is 0 Å². The Morgan fingerprint density at radius 1 is 0.373 bits per heavy atom. The second kappa shape index (κ2) is 11.4. The van der Waals surface area contributed by atoms with Crippen molar-refractivity contribution < 1.29 is 0 Å². The Hall–Kier alpha value is -6.16. The van der Waals surface area contributed by atoms with Crippen LogP contribution < -0.4 is 10.5 Å². The van der Waals surface area contributed by atoms with Crippen molar-refractivity contribution in [3.05, 3.63) is 170 Å². The summed E-state index contributed by atoms with van der Waals surface area (Å²) in [6, 6.07) is 61.6. The van der Waals surface area contributed by atoms with Crippen molar-refractivity contribution in [3.8, 4) is 56.0 Å². The second-order valence-corrected chi connectivity index (χ2v) is 18.4. The third kappa shape index (κ3) is 4.70. The van der Waals surface area contributed by atoms with E-state index in [-0.39, 0.29) is 0 Å². The molecule has 51 heavy (non-hydrogen) atoms. The lowest BCUT2D eigenvalue weighted by atomic mass is 9.91. The maximum Gasteiger partial charge on any atom is 0.159 e. The molecule has 2 nitrogen and oxygen atoms in total. The summed E-state index contributed by atoms with van der Waals surface area (Å²) in [7, 11) is -2.04. The van der Waals surface area contributed by atoms with Gasteiger partial charge in [0.05, 0.1) is 5.69 Å². The zero-order chi connectivity index (χ0) is 34.1. The highest BCUT2D eigenvalue weighted by molar-refractivity contribution is 7.03. The first-order valence-corrected chi connectivity index (χ1v) is 20.7. The number of rotatable bonds is 4. The van der Waals surface area contributed by atoms with Crippen LogP contribution in [0.1, 0.15) is 0 Å². The van der Waals surface area contributed by atoms with Gasteiger partial charge in [0, 0.05) is 22.0 Å². The van der Waals surface area contributed by atoms with Crippen molar-refractivity contribution in [1.82, 2.24) is 9.97 Å². The molecule has 10 rings (SSSR count). The zero-order valence-electron chi connectivity index (χ0n) is 28.6. The van der Waals surface area contributed by atoms with Gasteiger partial charge in [0.2, 0.25) is 0 Å². The molecule has 1 aliphatic rings. The minimum Gasteiger partial charge on any atom is -0.237 e. The normalized spacial score (nSPS) is 13.1. The molecule has 0 radical (unpaired) electrons. The van der Waals surface area contributed by atoms with Gasteiger partial charge in [-0.05, 0) is 83.5 Å². The van der Waals surface area contributed by atoms with Crippen LogP contribution in [0.3, 0.4) is 0 Å². The van der Waals surface area contributed by atoms with E-state index in [9.17, 15) is 0 Å². The third-order valence-electron chi connectivity index (χ3n) is 10.8. The Bertz CT molecular complexity index is 2800. The van der Waals surface area contributed by atoms with Gasteiger partial charge in [0.15, 0.2) is 5.82 Å². The smallest absolute Gasteiger partial charge is 0.159 e. The Labute approximate surface area is 298 Å². The van der Waals surface area contributed by atoms with Crippen LogP contribution in [0.15, 0.2) is 170 Å². The Balaban J connectivity index is 1.12. The summed E-state index contributed by atoms with van der Waals surface area (Å²) in [5, 5.41) is 10.4. The highest BCUT2D eigenvalue weighted by atomic mass is 28.3. The van der Waals surface area contributed by atoms with Gasteiger partial charge in [-0.2, -0.15) is 0 Å². The van der Waals surface area contributed by atoms with Crippen LogP contribution in [0, 0.1) is 0 Å². The van der Waals surface area contributed by atoms with Crippen molar-refractivity contribution in [3.63, 3.8) is 0 Å². The predicted octanol–water partition coefficient (Wildman–Crippen LogP) is 11.4. The molecule has 0 saturated heterocycles. The van der Waals surface area contributed by atoms with Crippen LogP contribution in [0.25, 0.3) is 88.3 Å². The quantitative estimate of drug-likeness (QED) is 0.138. The van der Waals surface area contributed by atoms with E-state index in [0.717, 1.165) is 22.6 Å². The fourth-order valence-electron chi connectivity index (χ4n) is 8.28. The molecule has 0 aliphatic carbocycles. The van der Waals surface area contributed by atoms with Gasteiger partial charge in [-0.25, -0.2) is 9.97 Å². The Morgan fingerprint density at radius 3 is 1.53 bits per heavy atom. The van der Waals surface area contributed by atoms with E-state index in [2.05, 4.69) is 177 Å². The predicted molar refractivity (Wildman–Crippen MR) is 218 cm³/mol. The average Bonchev–Trinajstić information content (AvgIpc) is 3.43. The van der Waals surface area contributed by atoms with Gasteiger partial charge in [-0.15, -0.1) is 0 Å². The minimum atomic E-state index is -2.04. The molecule has 0 spiro atoms. The van der Waals surface area contributed by atoms with E-state index in [0.29, 0.717) is 0 Å². The van der Waals surface area contributed by atoms with Gasteiger partial charge in [-0.1, -0.05) is 165 Å². The van der Waals surface area contributed by atoms with Gasteiger partial charge in [-0.3, -0.25) is 0 Å². The third-order valence-corrected chi connectivity index (χ3v) is 14.1. The van der Waals surface area contributed by atoms with Gasteiger partial charge in [0.25, 0.3) is 0 Å². The van der Waals surface area contributed by atoms with E-state index in [1.54, 1.807) is 0 Å². The molecular formula is C48H34N2Si. The molecule has 0 atom stereocenters. The van der Waals surface area contributed by atoms with Crippen molar-refractivity contribution in [2.75, 3.05) is 0 Å². The number of hydrogen-bond donors (Lipinski definition) is 0. The molecule has 0 unspecified atom stereocenters. The maximum atomic E-state index is 5.34. The topological polar surface area (TPSA) is 25.8 Å². The van der Waals surface area contributed by atoms with Crippen LogP contribution in [0.5, 0.6) is 0 Å². The lowest BCUT2D eigenvalue weighted by Crippen LogP contribution is -2.50. The van der Waals surface area contributed by atoms with Crippen LogP contribution in [0.2, 0.25) is 13.1 Å². The lowest BCUT2D eigenvalue weighted by Gasteiger charge is -2.19. The summed E-state index contributed by atoms with van der Waals surface area (Å²) >= 11 is 0. The lowest BCUT2D eigenvalue weighted by molar-refractivity contribution is 1.21. The molecule has 0 fully saturated rings. The molecule has 2 heterocycles. The number of hydrogen-bond acceptors (Lipinski definition) is 2. The molecule has 8 aromatic carbocycles. The standard InChI is InChI=1S/C48H34N2Si/c1-51(2)44-25-11-10-24-42(44)45-46(49-47(50-48(45)51)31-14-4-3-5-15-31)36-19-13-18-34(29-36)32-16-12-17-33(28-32)35-26-27-41-39-22-7-6-20-37(39)38-21-8-9-23-40(38)43(41)30-35/h3-30H,1-2H3. The molecule has 0 bridgehead atoms. The first-order chi connectivity index (χ1) is 25.0. The summed E-state index contributed by atoms with van der Waals surface area (Å²) < 4.78 is 0. The number of nitrogens with zero attached hydrogens (tertiary/aromatic N) is 2. The highest BCUT2D eigenvalue weighted by Gasteiger charge is 2.41. The molecule has 0 N–H and O–H groups in total. The Morgan fingerprint density at radius 2 is 0.863 bits per heavy atom. The maximum absolute atomic E-state index is 5.34. The summed E-state index contributed by atoms with van der Waals surface area (Å²) in [6.45, 7) is 4.84. The first-order valence-electron chi connectivity index (χ1n) is 17.7. The SMILES string of the molecule is C[Si]1(C)c2ccccc2-c2c(-c3cccc(-c4cccc(-c5ccc6c7ccccc7c7ccccc7c6c5)c4)c3)nc(-c3ccccc3)nc21. The summed E-state index contributed by atoms with van der Waals surface area (Å²) in [5.41, 5.74) is 10.4. The van der Waals surface area contributed by atoms with Crippen molar-refractivity contribution in [2.45, 2.75) is 13.1 Å². The minimum absolute atomic E-state index is 0.793. The second-order valence-electron chi connectivity index (χ2n) is 14.2. The Kier molecular flexibility index (Phi) is 6.67. The van der Waals surface area contributed by atoms with Crippen LogP contribution in [-0.2, 0) is 0 Å². The molecular weight excluding hydrogens is 633 g/mol. The van der Waals surface area contributed by atoms with Crippen molar-refractivity contribution in [1.29, 1.82) is 0 Å². The molecule has 1 aliphatic heterocycles. The highest BCUT2D eigenvalue weighted by Crippen LogP contribution is 2.40. The van der Waals surface area contributed by atoms with E-state index in [1.807, 2.05) is 6.07 Å². The fraction of sp³-hybridized carbons (Fsp3) is 0.0417. The summed E-state index contributed by atoms with van der Waals surface area (Å²) in [4.78, 5) is 10.6. The molecule has 240 valence electrons. The largest absolute Gasteiger partial charge is 0.237 e. The monoisotopic (exact) mass is 666 g/mol. The first kappa shape index (κ1) is 29.7. The van der Waals surface area contributed by atoms with E-state index < -0.39 is 8.07 Å². The van der Waals surface area contributed by atoms with Crippen LogP contribution in [-0.4, -0.2) is 18.0 Å². The summed E-state index contributed by atoms with van der Waals surface area (Å²) in [5.74, 6) is 0.793. The van der Waals surface area contributed by atoms with Gasteiger partial charge >= 0.3 is 0 Å². The van der Waals surface area contributed by atoms with E-state index in [4.69, 9.17) is 9.97 Å². The van der Waals surface area contributed by atoms with E-state index in [1.165, 1.54) is 76.2 Å². The zero-order valence-corrected chi connectivity index (χ0v) is 29.6. The molecule has 9 aromatic rings. The van der Waals surface area contributed by atoms with Crippen LogP contribution >= 0.6 is 0 Å². The fourth-order valence-corrected chi connectivity index (χ4v) is 11.2. The van der Waals surface area contributed by atoms with Gasteiger partial charge in [0.1, 0.15) is 8.07 Å². The van der Waals surface area contributed by atoms with Gasteiger partial charge < -0.3 is 0 Å². The van der Waals surface area contributed by atoms with Crippen molar-refractivity contribution in [2.24, 2.45) is 0 Å². The van der Waals surface area contributed by atoms with E-state index >= 15 is 0 Å². The number of fused-ring (bicyclic) bond motifs is 9. The molecule has 0 saturated carbocycles. The molecule has 1 aromatic heterocycles. The number of benzene rings is 8. The molecule has 3 heteroatoms.